The van der Waals surface area contributed by atoms with Gasteiger partial charge in [0.05, 0.1) is 29.9 Å². The predicted octanol–water partition coefficient (Wildman–Crippen LogP) is 3.85. The standard InChI is InChI=1S/C24H26F2N4O2/c25-17-9-16(10-18(26)11-17)21-3-1-7-29(21)19-4-8-30-22(12-19)20(13-28-30)23(32)27-14-24(15-31)5-2-6-24/h4,8-13,21,31H,1-3,5-7,14-15H2,(H,27,32). The maximum Gasteiger partial charge on any atom is 0.255 e. The summed E-state index contributed by atoms with van der Waals surface area (Å²) in [5.74, 6) is -1.38. The Labute approximate surface area is 184 Å². The lowest BCUT2D eigenvalue weighted by Crippen LogP contribution is -2.44. The van der Waals surface area contributed by atoms with Gasteiger partial charge < -0.3 is 15.3 Å². The van der Waals surface area contributed by atoms with E-state index >= 15 is 0 Å². The second kappa shape index (κ2) is 8.16. The fourth-order valence-electron chi connectivity index (χ4n) is 4.94. The summed E-state index contributed by atoms with van der Waals surface area (Å²) in [7, 11) is 0. The van der Waals surface area contributed by atoms with E-state index in [1.807, 2.05) is 12.1 Å². The van der Waals surface area contributed by atoms with Crippen LogP contribution in [0.5, 0.6) is 0 Å². The third kappa shape index (κ3) is 3.72. The van der Waals surface area contributed by atoms with Crippen LogP contribution in [0.2, 0.25) is 0 Å². The highest BCUT2D eigenvalue weighted by Crippen LogP contribution is 2.40. The third-order valence-electron chi connectivity index (χ3n) is 6.98. The van der Waals surface area contributed by atoms with Gasteiger partial charge in [0, 0.05) is 36.5 Å². The third-order valence-corrected chi connectivity index (χ3v) is 6.98. The topological polar surface area (TPSA) is 69.9 Å². The maximum absolute atomic E-state index is 13.8. The molecule has 6 nitrogen and oxygen atoms in total. The minimum atomic E-state index is -0.579. The lowest BCUT2D eigenvalue weighted by molar-refractivity contribution is 0.0429. The molecule has 1 unspecified atom stereocenters. The number of nitrogens with one attached hydrogen (secondary N) is 1. The van der Waals surface area contributed by atoms with Crippen molar-refractivity contribution in [2.24, 2.45) is 5.41 Å². The minimum Gasteiger partial charge on any atom is -0.396 e. The summed E-state index contributed by atoms with van der Waals surface area (Å²) in [5.41, 5.74) is 2.42. The van der Waals surface area contributed by atoms with Crippen molar-refractivity contribution in [2.75, 3.05) is 24.6 Å². The number of nitrogens with zero attached hydrogens (tertiary/aromatic N) is 3. The minimum absolute atomic E-state index is 0.0726. The van der Waals surface area contributed by atoms with E-state index in [1.54, 1.807) is 16.9 Å². The SMILES string of the molecule is O=C(NCC1(CO)CCC1)c1cnn2ccc(N3CCCC3c3cc(F)cc(F)c3)cc12. The van der Waals surface area contributed by atoms with Crippen molar-refractivity contribution in [1.82, 2.24) is 14.9 Å². The number of rotatable bonds is 6. The molecule has 0 radical (unpaired) electrons. The van der Waals surface area contributed by atoms with Gasteiger partial charge in [-0.25, -0.2) is 13.3 Å². The molecule has 0 spiro atoms. The molecular weight excluding hydrogens is 414 g/mol. The molecule has 3 heterocycles. The van der Waals surface area contributed by atoms with Crippen molar-refractivity contribution in [3.63, 3.8) is 0 Å². The molecule has 1 saturated carbocycles. The average molecular weight is 440 g/mol. The number of aromatic nitrogens is 2. The zero-order chi connectivity index (χ0) is 22.3. The molecule has 3 aromatic rings. The van der Waals surface area contributed by atoms with Gasteiger partial charge in [-0.1, -0.05) is 6.42 Å². The number of hydrogen-bond donors (Lipinski definition) is 2. The van der Waals surface area contributed by atoms with E-state index in [0.29, 0.717) is 23.2 Å². The van der Waals surface area contributed by atoms with Crippen LogP contribution in [0.4, 0.5) is 14.5 Å². The Hall–Kier alpha value is -3.00. The number of fused-ring (bicyclic) bond motifs is 1. The Bertz CT molecular complexity index is 1130. The monoisotopic (exact) mass is 440 g/mol. The van der Waals surface area contributed by atoms with Crippen LogP contribution in [0.3, 0.4) is 0 Å². The molecule has 1 atom stereocenters. The predicted molar refractivity (Wildman–Crippen MR) is 117 cm³/mol. The van der Waals surface area contributed by atoms with Crippen LogP contribution < -0.4 is 10.2 Å². The number of aliphatic hydroxyl groups is 1. The van der Waals surface area contributed by atoms with Gasteiger partial charge in [-0.3, -0.25) is 4.79 Å². The quantitative estimate of drug-likeness (QED) is 0.611. The van der Waals surface area contributed by atoms with E-state index in [-0.39, 0.29) is 24.0 Å². The fourth-order valence-corrected chi connectivity index (χ4v) is 4.94. The average Bonchev–Trinajstić information content (AvgIpc) is 3.39. The highest BCUT2D eigenvalue weighted by atomic mass is 19.1. The molecule has 1 aliphatic heterocycles. The number of aliphatic hydroxyl groups excluding tert-OH is 1. The molecule has 168 valence electrons. The van der Waals surface area contributed by atoms with E-state index in [1.165, 1.54) is 12.1 Å². The van der Waals surface area contributed by atoms with Crippen molar-refractivity contribution < 1.29 is 18.7 Å². The first-order chi connectivity index (χ1) is 15.5. The van der Waals surface area contributed by atoms with Crippen molar-refractivity contribution in [2.45, 2.75) is 38.1 Å². The molecule has 1 amide bonds. The zero-order valence-corrected chi connectivity index (χ0v) is 17.7. The summed E-state index contributed by atoms with van der Waals surface area (Å²) in [6.07, 6.45) is 7.95. The molecule has 2 aliphatic rings. The lowest BCUT2D eigenvalue weighted by Gasteiger charge is -2.40. The van der Waals surface area contributed by atoms with E-state index < -0.39 is 11.6 Å². The molecule has 5 rings (SSSR count). The van der Waals surface area contributed by atoms with Crippen LogP contribution >= 0.6 is 0 Å². The van der Waals surface area contributed by atoms with E-state index in [0.717, 1.165) is 50.4 Å². The number of hydrogen-bond acceptors (Lipinski definition) is 4. The molecule has 2 aromatic heterocycles. The molecule has 8 heteroatoms. The Morgan fingerprint density at radius 3 is 2.66 bits per heavy atom. The molecule has 32 heavy (non-hydrogen) atoms. The summed E-state index contributed by atoms with van der Waals surface area (Å²) < 4.78 is 29.3. The number of anilines is 1. The van der Waals surface area contributed by atoms with Gasteiger partial charge in [-0.2, -0.15) is 5.10 Å². The summed E-state index contributed by atoms with van der Waals surface area (Å²) >= 11 is 0. The summed E-state index contributed by atoms with van der Waals surface area (Å²) in [4.78, 5) is 15.0. The van der Waals surface area contributed by atoms with Crippen LogP contribution in [0.15, 0.2) is 42.7 Å². The Kier molecular flexibility index (Phi) is 5.33. The number of carbonyl (C=O) groups excluding carboxylic acids is 1. The fraction of sp³-hybridized carbons (Fsp3) is 0.417. The van der Waals surface area contributed by atoms with Gasteiger partial charge >= 0.3 is 0 Å². The molecule has 2 N–H and O–H groups in total. The Morgan fingerprint density at radius 2 is 1.97 bits per heavy atom. The Balaban J connectivity index is 1.41. The largest absolute Gasteiger partial charge is 0.396 e. The first-order valence-corrected chi connectivity index (χ1v) is 11.1. The Morgan fingerprint density at radius 1 is 1.19 bits per heavy atom. The van der Waals surface area contributed by atoms with E-state index in [9.17, 15) is 18.7 Å². The molecule has 1 aliphatic carbocycles. The van der Waals surface area contributed by atoms with Crippen LogP contribution in [-0.4, -0.2) is 40.3 Å². The van der Waals surface area contributed by atoms with Crippen LogP contribution in [0.1, 0.15) is 54.1 Å². The second-order valence-electron chi connectivity index (χ2n) is 9.02. The van der Waals surface area contributed by atoms with E-state index in [2.05, 4.69) is 15.3 Å². The number of benzene rings is 1. The van der Waals surface area contributed by atoms with Gasteiger partial charge in [0.15, 0.2) is 0 Å². The van der Waals surface area contributed by atoms with Crippen LogP contribution in [0, 0.1) is 17.0 Å². The van der Waals surface area contributed by atoms with Gasteiger partial charge in [0.25, 0.3) is 5.91 Å². The van der Waals surface area contributed by atoms with Gasteiger partial charge in [-0.05, 0) is 55.5 Å². The van der Waals surface area contributed by atoms with Crippen molar-refractivity contribution in [3.8, 4) is 0 Å². The number of pyridine rings is 1. The van der Waals surface area contributed by atoms with Crippen molar-refractivity contribution in [1.29, 1.82) is 0 Å². The lowest BCUT2D eigenvalue weighted by atomic mass is 9.69. The van der Waals surface area contributed by atoms with Crippen LogP contribution in [0.25, 0.3) is 5.52 Å². The first kappa shape index (κ1) is 20.9. The van der Waals surface area contributed by atoms with Gasteiger partial charge in [-0.15, -0.1) is 0 Å². The number of amides is 1. The maximum atomic E-state index is 13.8. The summed E-state index contributed by atoms with van der Waals surface area (Å²) in [6, 6.07) is 7.34. The summed E-state index contributed by atoms with van der Waals surface area (Å²) in [5, 5.41) is 16.9. The molecule has 2 fully saturated rings. The molecular formula is C24H26F2N4O2. The number of halogens is 2. The second-order valence-corrected chi connectivity index (χ2v) is 9.02. The zero-order valence-electron chi connectivity index (χ0n) is 17.7. The number of carbonyl (C=O) groups is 1. The van der Waals surface area contributed by atoms with Crippen molar-refractivity contribution >= 4 is 17.1 Å². The van der Waals surface area contributed by atoms with Crippen LogP contribution in [-0.2, 0) is 0 Å². The first-order valence-electron chi connectivity index (χ1n) is 11.1. The molecule has 1 saturated heterocycles. The smallest absolute Gasteiger partial charge is 0.255 e. The molecule has 1 aromatic carbocycles. The highest BCUT2D eigenvalue weighted by Gasteiger charge is 2.36. The normalized spacial score (nSPS) is 19.8. The van der Waals surface area contributed by atoms with Gasteiger partial charge in [0.2, 0.25) is 0 Å². The van der Waals surface area contributed by atoms with Crippen molar-refractivity contribution in [3.05, 3.63) is 65.5 Å². The van der Waals surface area contributed by atoms with E-state index in [4.69, 9.17) is 0 Å². The molecule has 0 bridgehead atoms. The highest BCUT2D eigenvalue weighted by molar-refractivity contribution is 6.01. The summed E-state index contributed by atoms with van der Waals surface area (Å²) in [6.45, 7) is 1.27. The van der Waals surface area contributed by atoms with Gasteiger partial charge in [0.1, 0.15) is 11.6 Å².